The topological polar surface area (TPSA) is 43.6 Å². The van der Waals surface area contributed by atoms with Gasteiger partial charge in [0.1, 0.15) is 0 Å². The highest BCUT2D eigenvalue weighted by Crippen LogP contribution is 1.97. The monoisotopic (exact) mass is 130 g/mol. The molecule has 0 amide bonds. The number of nitrogens with zero attached hydrogens (tertiary/aromatic N) is 4. The van der Waals surface area contributed by atoms with Crippen molar-refractivity contribution in [3.8, 4) is 0 Å². The van der Waals surface area contributed by atoms with Crippen molar-refractivity contribution in [1.82, 2.24) is 19.6 Å². The molecule has 1 aromatic rings. The minimum Gasteiger partial charge on any atom is -0.174 e. The van der Waals surface area contributed by atoms with E-state index in [-0.39, 0.29) is 0 Å². The first-order valence-corrected chi connectivity index (χ1v) is 3.24. The molecular weight excluding hydrogens is 124 g/mol. The van der Waals surface area contributed by atoms with Crippen molar-refractivity contribution in [2.75, 3.05) is 5.75 Å². The van der Waals surface area contributed by atoms with Crippen molar-refractivity contribution in [3.63, 3.8) is 0 Å². The number of aromatic nitrogens is 4. The van der Waals surface area contributed by atoms with E-state index in [1.165, 1.54) is 0 Å². The van der Waals surface area contributed by atoms with Crippen molar-refractivity contribution < 1.29 is 0 Å². The molecule has 0 aromatic carbocycles. The first-order chi connectivity index (χ1) is 3.93. The Balaban J connectivity index is 2.50. The van der Waals surface area contributed by atoms with Gasteiger partial charge in [0.25, 0.3) is 0 Å². The molecule has 4 nitrogen and oxygen atoms in total. The predicted molar refractivity (Wildman–Crippen MR) is 31.3 cm³/mol. The fraction of sp³-hybridized carbons (Fsp3) is 0.667. The number of rotatable bonds is 2. The van der Waals surface area contributed by atoms with Crippen LogP contribution in [0.25, 0.3) is 0 Å². The van der Waals surface area contributed by atoms with Crippen LogP contribution >= 0.6 is 11.9 Å². The zero-order valence-corrected chi connectivity index (χ0v) is 5.30. The van der Waals surface area contributed by atoms with E-state index >= 15 is 0 Å². The molecule has 5 heteroatoms. The molecule has 44 valence electrons. The summed E-state index contributed by atoms with van der Waals surface area (Å²) in [6.45, 7) is 2.05. The van der Waals surface area contributed by atoms with Crippen molar-refractivity contribution in [2.45, 2.75) is 6.92 Å². The van der Waals surface area contributed by atoms with E-state index in [9.17, 15) is 0 Å². The summed E-state index contributed by atoms with van der Waals surface area (Å²) in [5.74, 6) is 0.991. The second-order valence-corrected chi connectivity index (χ2v) is 2.34. The highest BCUT2D eigenvalue weighted by Gasteiger charge is 1.86. The molecule has 0 radical (unpaired) electrons. The highest BCUT2D eigenvalue weighted by atomic mass is 32.2. The Kier molecular flexibility index (Phi) is 1.85. The third-order valence-electron chi connectivity index (χ3n) is 0.592. The standard InChI is InChI=1S/C3H6N4S/c1-2-8-7-3-4-5-6-7/h3H,2H2,1H3. The summed E-state index contributed by atoms with van der Waals surface area (Å²) in [5.41, 5.74) is 0. The van der Waals surface area contributed by atoms with Gasteiger partial charge in [0.05, 0.1) is 0 Å². The minimum absolute atomic E-state index is 0.991. The van der Waals surface area contributed by atoms with Crippen LogP contribution in [0.3, 0.4) is 0 Å². The van der Waals surface area contributed by atoms with E-state index in [0.717, 1.165) is 5.75 Å². The Morgan fingerprint density at radius 2 is 2.62 bits per heavy atom. The fourth-order valence-electron chi connectivity index (χ4n) is 0.344. The van der Waals surface area contributed by atoms with Crippen LogP contribution in [0.1, 0.15) is 6.92 Å². The summed E-state index contributed by atoms with van der Waals surface area (Å²) < 4.78 is 1.62. The van der Waals surface area contributed by atoms with Crippen molar-refractivity contribution in [2.24, 2.45) is 0 Å². The van der Waals surface area contributed by atoms with Crippen molar-refractivity contribution in [1.29, 1.82) is 0 Å². The molecule has 0 aliphatic rings. The summed E-state index contributed by atoms with van der Waals surface area (Å²) in [5, 5.41) is 10.5. The van der Waals surface area contributed by atoms with E-state index in [2.05, 4.69) is 15.5 Å². The van der Waals surface area contributed by atoms with Gasteiger partial charge in [-0.15, -0.1) is 5.10 Å². The van der Waals surface area contributed by atoms with Gasteiger partial charge in [-0.2, -0.15) is 4.09 Å². The molecule has 0 aliphatic heterocycles. The molecule has 0 aliphatic carbocycles. The van der Waals surface area contributed by atoms with Crippen LogP contribution < -0.4 is 0 Å². The molecular formula is C3H6N4S. The Bertz CT molecular complexity index is 137. The number of tetrazole rings is 1. The van der Waals surface area contributed by atoms with Gasteiger partial charge in [-0.05, 0) is 22.4 Å². The van der Waals surface area contributed by atoms with Crippen LogP contribution in [0.15, 0.2) is 6.33 Å². The third-order valence-corrected chi connectivity index (χ3v) is 1.28. The van der Waals surface area contributed by atoms with E-state index < -0.39 is 0 Å². The minimum atomic E-state index is 0.991. The Hall–Kier alpha value is -0.580. The van der Waals surface area contributed by atoms with Crippen molar-refractivity contribution in [3.05, 3.63) is 6.33 Å². The second kappa shape index (κ2) is 2.66. The molecule has 0 fully saturated rings. The predicted octanol–water partition coefficient (Wildman–Crippen LogP) is 0.189. The normalized spacial score (nSPS) is 9.62. The van der Waals surface area contributed by atoms with Crippen LogP contribution in [-0.2, 0) is 0 Å². The zero-order chi connectivity index (χ0) is 5.82. The Morgan fingerprint density at radius 3 is 3.12 bits per heavy atom. The summed E-state index contributed by atoms with van der Waals surface area (Å²) in [6.07, 6.45) is 1.58. The van der Waals surface area contributed by atoms with Gasteiger partial charge in [0.15, 0.2) is 6.33 Å². The quantitative estimate of drug-likeness (QED) is 0.573. The summed E-state index contributed by atoms with van der Waals surface area (Å²) in [4.78, 5) is 0. The molecule has 1 rings (SSSR count). The van der Waals surface area contributed by atoms with Gasteiger partial charge in [-0.3, -0.25) is 0 Å². The summed E-state index contributed by atoms with van der Waals surface area (Å²) >= 11 is 1.56. The summed E-state index contributed by atoms with van der Waals surface area (Å²) in [6, 6.07) is 0. The Labute approximate surface area is 51.4 Å². The van der Waals surface area contributed by atoms with Crippen LogP contribution in [0.2, 0.25) is 0 Å². The SMILES string of the molecule is CCSn1cnnn1. The van der Waals surface area contributed by atoms with Crippen LogP contribution in [-0.4, -0.2) is 25.4 Å². The van der Waals surface area contributed by atoms with Gasteiger partial charge >= 0.3 is 0 Å². The number of hydrogen-bond acceptors (Lipinski definition) is 4. The maximum absolute atomic E-state index is 3.62. The van der Waals surface area contributed by atoms with Gasteiger partial charge in [0.2, 0.25) is 0 Å². The van der Waals surface area contributed by atoms with E-state index in [1.807, 2.05) is 6.92 Å². The molecule has 0 atom stereocenters. The Morgan fingerprint density at radius 1 is 1.75 bits per heavy atom. The molecule has 0 spiro atoms. The lowest BCUT2D eigenvalue weighted by Crippen LogP contribution is -1.86. The van der Waals surface area contributed by atoms with Crippen LogP contribution in [0.4, 0.5) is 0 Å². The van der Waals surface area contributed by atoms with Gasteiger partial charge in [-0.25, -0.2) is 0 Å². The third kappa shape index (κ3) is 1.19. The fourth-order valence-corrected chi connectivity index (χ4v) is 0.802. The average molecular weight is 130 g/mol. The highest BCUT2D eigenvalue weighted by molar-refractivity contribution is 7.97. The summed E-state index contributed by atoms with van der Waals surface area (Å²) in [7, 11) is 0. The zero-order valence-electron chi connectivity index (χ0n) is 4.48. The van der Waals surface area contributed by atoms with Gasteiger partial charge in [-0.1, -0.05) is 6.92 Å². The molecule has 8 heavy (non-hydrogen) atoms. The first-order valence-electron chi connectivity index (χ1n) is 2.29. The molecule has 1 heterocycles. The maximum Gasteiger partial charge on any atom is 0.150 e. The lowest BCUT2D eigenvalue weighted by molar-refractivity contribution is 0.853. The smallest absolute Gasteiger partial charge is 0.150 e. The molecule has 0 bridgehead atoms. The average Bonchev–Trinajstić information content (AvgIpc) is 2.19. The van der Waals surface area contributed by atoms with Crippen LogP contribution in [0, 0.1) is 0 Å². The molecule has 0 unspecified atom stereocenters. The molecule has 0 saturated carbocycles. The van der Waals surface area contributed by atoms with E-state index in [1.54, 1.807) is 22.4 Å². The molecule has 0 N–H and O–H groups in total. The molecule has 1 aromatic heterocycles. The second-order valence-electron chi connectivity index (χ2n) is 1.13. The van der Waals surface area contributed by atoms with Gasteiger partial charge in [0, 0.05) is 5.75 Å². The largest absolute Gasteiger partial charge is 0.174 e. The van der Waals surface area contributed by atoms with E-state index in [0.29, 0.717) is 0 Å². The van der Waals surface area contributed by atoms with Crippen molar-refractivity contribution >= 4 is 11.9 Å². The van der Waals surface area contributed by atoms with E-state index in [4.69, 9.17) is 0 Å². The first kappa shape index (κ1) is 5.55. The lowest BCUT2D eigenvalue weighted by atomic mass is 11.0. The number of hydrogen-bond donors (Lipinski definition) is 0. The maximum atomic E-state index is 3.62. The van der Waals surface area contributed by atoms with Crippen LogP contribution in [0.5, 0.6) is 0 Å². The molecule has 0 saturated heterocycles. The van der Waals surface area contributed by atoms with Gasteiger partial charge < -0.3 is 0 Å². The lowest BCUT2D eigenvalue weighted by Gasteiger charge is -1.87.